The molecule has 1 aromatic heterocycles. The summed E-state index contributed by atoms with van der Waals surface area (Å²) in [5, 5.41) is 4.08. The van der Waals surface area contributed by atoms with Crippen LogP contribution in [0.3, 0.4) is 0 Å². The van der Waals surface area contributed by atoms with Crippen LogP contribution in [0.4, 0.5) is 5.69 Å². The van der Waals surface area contributed by atoms with Gasteiger partial charge in [0.05, 0.1) is 16.8 Å². The van der Waals surface area contributed by atoms with Gasteiger partial charge < -0.3 is 16.0 Å². The number of nitrogens with two attached hydrogens (primary N) is 1. The van der Waals surface area contributed by atoms with Crippen molar-refractivity contribution in [1.82, 2.24) is 4.98 Å². The van der Waals surface area contributed by atoms with Gasteiger partial charge in [-0.05, 0) is 30.5 Å². The average Bonchev–Trinajstić information content (AvgIpc) is 2.58. The van der Waals surface area contributed by atoms with Gasteiger partial charge in [-0.2, -0.15) is 0 Å². The fourth-order valence-corrected chi connectivity index (χ4v) is 2.15. The fourth-order valence-electron chi connectivity index (χ4n) is 1.94. The highest BCUT2D eigenvalue weighted by molar-refractivity contribution is 6.34. The number of halogens is 1. The van der Waals surface area contributed by atoms with Crippen molar-refractivity contribution in [2.75, 3.05) is 5.32 Å². The molecule has 0 spiro atoms. The van der Waals surface area contributed by atoms with Gasteiger partial charge in [-0.25, -0.2) is 0 Å². The molecule has 124 valence electrons. The number of hydrogen-bond donors (Lipinski definition) is 3. The van der Waals surface area contributed by atoms with E-state index in [4.69, 9.17) is 17.3 Å². The zero-order valence-corrected chi connectivity index (χ0v) is 13.9. The Morgan fingerprint density at radius 2 is 1.75 bits per heavy atom. The molecule has 1 amide bonds. The maximum atomic E-state index is 11.6. The van der Waals surface area contributed by atoms with E-state index in [-0.39, 0.29) is 11.5 Å². The van der Waals surface area contributed by atoms with Gasteiger partial charge in [0.1, 0.15) is 0 Å². The van der Waals surface area contributed by atoms with Gasteiger partial charge in [0, 0.05) is 11.6 Å². The van der Waals surface area contributed by atoms with Gasteiger partial charge in [0.15, 0.2) is 0 Å². The predicted molar refractivity (Wildman–Crippen MR) is 98.3 cm³/mol. The van der Waals surface area contributed by atoms with Crippen LogP contribution >= 0.6 is 11.6 Å². The third-order valence-electron chi connectivity index (χ3n) is 3.20. The van der Waals surface area contributed by atoms with Gasteiger partial charge in [0.2, 0.25) is 5.91 Å². The van der Waals surface area contributed by atoms with E-state index in [0.29, 0.717) is 21.5 Å². The Balaban J connectivity index is 0.000000292. The number of hydrogen-bond acceptors (Lipinski definition) is 3. The van der Waals surface area contributed by atoms with Crippen LogP contribution in [0.5, 0.6) is 0 Å². The molecule has 5 nitrogen and oxygen atoms in total. The van der Waals surface area contributed by atoms with E-state index in [2.05, 4.69) is 10.3 Å². The number of pyridine rings is 1. The minimum absolute atomic E-state index is 0.223. The summed E-state index contributed by atoms with van der Waals surface area (Å²) < 4.78 is 0. The summed E-state index contributed by atoms with van der Waals surface area (Å²) in [5.41, 5.74) is 5.68. The number of carbonyl (C=O) groups excluding carboxylic acids is 1. The number of nitrogens with one attached hydrogen (secondary N) is 2. The number of amides is 1. The summed E-state index contributed by atoms with van der Waals surface area (Å²) in [4.78, 5) is 25.6. The molecule has 0 bridgehead atoms. The number of rotatable bonds is 2. The molecular weight excluding hydrogens is 326 g/mol. The Bertz CT molecular complexity index is 850. The third kappa shape index (κ3) is 4.68. The molecule has 0 aliphatic carbocycles. The van der Waals surface area contributed by atoms with Crippen LogP contribution in [0.1, 0.15) is 6.92 Å². The molecule has 24 heavy (non-hydrogen) atoms. The summed E-state index contributed by atoms with van der Waals surface area (Å²) in [6, 6.07) is 16.3. The number of anilines is 1. The van der Waals surface area contributed by atoms with Crippen molar-refractivity contribution in [3.05, 3.63) is 76.2 Å². The number of H-pyrrole nitrogens is 1. The maximum Gasteiger partial charge on any atom is 0.255 e. The van der Waals surface area contributed by atoms with E-state index >= 15 is 0 Å². The summed E-state index contributed by atoms with van der Waals surface area (Å²) in [6.07, 6.45) is 1.54. The van der Waals surface area contributed by atoms with E-state index in [1.807, 2.05) is 36.4 Å². The molecule has 0 aliphatic heterocycles. The fraction of sp³-hybridized carbons (Fsp3) is 0.111. The highest BCUT2D eigenvalue weighted by Gasteiger charge is 2.11. The van der Waals surface area contributed by atoms with Gasteiger partial charge in [-0.3, -0.25) is 9.59 Å². The molecule has 3 rings (SSSR count). The van der Waals surface area contributed by atoms with Crippen molar-refractivity contribution < 1.29 is 4.79 Å². The lowest BCUT2D eigenvalue weighted by Crippen LogP contribution is -2.32. The molecule has 1 heterocycles. The van der Waals surface area contributed by atoms with Crippen molar-refractivity contribution in [2.24, 2.45) is 5.73 Å². The van der Waals surface area contributed by atoms with Crippen molar-refractivity contribution in [3.63, 3.8) is 0 Å². The summed E-state index contributed by atoms with van der Waals surface area (Å²) in [6.45, 7) is 1.58. The number of aromatic amines is 1. The smallest absolute Gasteiger partial charge is 0.255 e. The Hall–Kier alpha value is -2.63. The first kappa shape index (κ1) is 17.7. The second-order valence-electron chi connectivity index (χ2n) is 5.16. The molecule has 3 aromatic rings. The van der Waals surface area contributed by atoms with Crippen LogP contribution < -0.4 is 16.6 Å². The van der Waals surface area contributed by atoms with Crippen LogP contribution in [0.25, 0.3) is 10.8 Å². The molecule has 0 saturated heterocycles. The highest BCUT2D eigenvalue weighted by Crippen LogP contribution is 2.26. The highest BCUT2D eigenvalue weighted by atomic mass is 35.5. The van der Waals surface area contributed by atoms with E-state index in [0.717, 1.165) is 0 Å². The summed E-state index contributed by atoms with van der Waals surface area (Å²) >= 11 is 6.02. The summed E-state index contributed by atoms with van der Waals surface area (Å²) in [5.74, 6) is -0.332. The Kier molecular flexibility index (Phi) is 6.12. The van der Waals surface area contributed by atoms with E-state index in [9.17, 15) is 9.59 Å². The minimum atomic E-state index is -0.629. The SMILES string of the molecule is CC(N)C(=O)Nc1cc2cc[nH]c(=O)c2cc1Cl.c1ccccc1. The molecular formula is C18H18ClN3O2. The van der Waals surface area contributed by atoms with Gasteiger partial charge in [-0.15, -0.1) is 0 Å². The molecule has 6 heteroatoms. The van der Waals surface area contributed by atoms with Gasteiger partial charge in [0.25, 0.3) is 5.56 Å². The molecule has 0 radical (unpaired) electrons. The number of fused-ring (bicyclic) bond motifs is 1. The van der Waals surface area contributed by atoms with Crippen LogP contribution in [0, 0.1) is 0 Å². The number of benzene rings is 2. The van der Waals surface area contributed by atoms with Crippen molar-refractivity contribution in [2.45, 2.75) is 13.0 Å². The van der Waals surface area contributed by atoms with Gasteiger partial charge >= 0.3 is 0 Å². The second-order valence-corrected chi connectivity index (χ2v) is 5.57. The van der Waals surface area contributed by atoms with Crippen molar-refractivity contribution in [3.8, 4) is 0 Å². The second kappa shape index (κ2) is 8.29. The van der Waals surface area contributed by atoms with E-state index in [1.165, 1.54) is 12.3 Å². The molecule has 0 saturated carbocycles. The minimum Gasteiger partial charge on any atom is -0.329 e. The molecule has 4 N–H and O–H groups in total. The lowest BCUT2D eigenvalue weighted by molar-refractivity contribution is -0.117. The molecule has 2 aromatic carbocycles. The van der Waals surface area contributed by atoms with E-state index < -0.39 is 6.04 Å². The lowest BCUT2D eigenvalue weighted by atomic mass is 10.1. The summed E-state index contributed by atoms with van der Waals surface area (Å²) in [7, 11) is 0. The largest absolute Gasteiger partial charge is 0.329 e. The normalized spacial score (nSPS) is 11.3. The number of carbonyl (C=O) groups is 1. The predicted octanol–water partition coefficient (Wildman–Crippen LogP) is 3.15. The van der Waals surface area contributed by atoms with Crippen LogP contribution in [0.2, 0.25) is 5.02 Å². The lowest BCUT2D eigenvalue weighted by Gasteiger charge is -2.10. The topological polar surface area (TPSA) is 88.0 Å². The Morgan fingerprint density at radius 1 is 1.17 bits per heavy atom. The third-order valence-corrected chi connectivity index (χ3v) is 3.51. The first-order chi connectivity index (χ1) is 11.5. The van der Waals surface area contributed by atoms with Crippen LogP contribution in [-0.2, 0) is 4.79 Å². The van der Waals surface area contributed by atoms with Crippen molar-refractivity contribution >= 4 is 34.0 Å². The molecule has 0 fully saturated rings. The molecule has 0 aliphatic rings. The Labute approximate surface area is 144 Å². The quantitative estimate of drug-likeness (QED) is 0.667. The molecule has 1 atom stereocenters. The Morgan fingerprint density at radius 3 is 2.29 bits per heavy atom. The van der Waals surface area contributed by atoms with Crippen LogP contribution in [-0.4, -0.2) is 16.9 Å². The first-order valence-corrected chi connectivity index (χ1v) is 7.74. The zero-order chi connectivity index (χ0) is 17.5. The van der Waals surface area contributed by atoms with E-state index in [1.54, 1.807) is 19.1 Å². The standard InChI is InChI=1S/C12H12ClN3O2.C6H6/c1-6(14)11(17)16-10-4-7-2-3-15-12(18)8(7)5-9(10)13;1-2-4-6-5-3-1/h2-6H,14H2,1H3,(H,15,18)(H,16,17);1-6H. The number of aromatic nitrogens is 1. The maximum absolute atomic E-state index is 11.6. The van der Waals surface area contributed by atoms with Crippen molar-refractivity contribution in [1.29, 1.82) is 0 Å². The zero-order valence-electron chi connectivity index (χ0n) is 13.1. The molecule has 1 unspecified atom stereocenters. The van der Waals surface area contributed by atoms with Gasteiger partial charge in [-0.1, -0.05) is 48.0 Å². The van der Waals surface area contributed by atoms with Crippen LogP contribution in [0.15, 0.2) is 65.6 Å². The first-order valence-electron chi connectivity index (χ1n) is 7.36. The average molecular weight is 344 g/mol. The monoisotopic (exact) mass is 343 g/mol.